The molecule has 0 saturated carbocycles. The van der Waals surface area contributed by atoms with Crippen molar-refractivity contribution in [3.8, 4) is 0 Å². The summed E-state index contributed by atoms with van der Waals surface area (Å²) in [5.41, 5.74) is 2.47. The molecule has 0 bridgehead atoms. The van der Waals surface area contributed by atoms with E-state index in [1.165, 1.54) is 12.1 Å². The van der Waals surface area contributed by atoms with Gasteiger partial charge in [-0.3, -0.25) is 14.9 Å². The normalized spacial score (nSPS) is 10.6. The van der Waals surface area contributed by atoms with Crippen molar-refractivity contribution < 1.29 is 18.9 Å². The number of carbonyl (C=O) groups is 1. The van der Waals surface area contributed by atoms with E-state index in [9.17, 15) is 14.9 Å². The minimum absolute atomic E-state index is 0.0663. The lowest BCUT2D eigenvalue weighted by Gasteiger charge is -2.09. The summed E-state index contributed by atoms with van der Waals surface area (Å²) in [6.45, 7) is 2.70. The summed E-state index contributed by atoms with van der Waals surface area (Å²) in [5.74, 6) is 0.413. The van der Waals surface area contributed by atoms with Gasteiger partial charge >= 0.3 is 0 Å². The first-order valence-electron chi connectivity index (χ1n) is 8.74. The van der Waals surface area contributed by atoms with Gasteiger partial charge in [-0.25, -0.2) is 0 Å². The largest absolute Gasteiger partial charge is 0.467 e. The maximum atomic E-state index is 12.4. The molecule has 0 aliphatic rings. The zero-order valence-electron chi connectivity index (χ0n) is 15.4. The Kier molecular flexibility index (Phi) is 6.18. The van der Waals surface area contributed by atoms with E-state index in [4.69, 9.17) is 9.15 Å². The Labute approximate surface area is 162 Å². The molecule has 1 N–H and O–H groups in total. The smallest absolute Gasteiger partial charge is 0.273 e. The lowest BCUT2D eigenvalue weighted by Crippen LogP contribution is -2.23. The summed E-state index contributed by atoms with van der Waals surface area (Å²) in [7, 11) is 0. The standard InChI is InChI=1S/C21H20N2O5/c1-15-19(8-3-9-20(15)23(25)26)21(24)22-12-16-5-2-6-17(11-16)13-27-14-18-7-4-10-28-18/h2-11H,12-14H2,1H3,(H,22,24). The lowest BCUT2D eigenvalue weighted by atomic mass is 10.1. The van der Waals surface area contributed by atoms with Crippen molar-refractivity contribution in [2.24, 2.45) is 0 Å². The highest BCUT2D eigenvalue weighted by Gasteiger charge is 2.17. The minimum atomic E-state index is -0.488. The average molecular weight is 380 g/mol. The number of carbonyl (C=O) groups excluding carboxylic acids is 1. The first-order chi connectivity index (χ1) is 13.5. The molecule has 0 radical (unpaired) electrons. The van der Waals surface area contributed by atoms with Gasteiger partial charge in [0, 0.05) is 23.7 Å². The Balaban J connectivity index is 1.58. The molecule has 144 valence electrons. The van der Waals surface area contributed by atoms with Crippen LogP contribution in [0.1, 0.15) is 32.8 Å². The van der Waals surface area contributed by atoms with Crippen LogP contribution < -0.4 is 5.32 Å². The van der Waals surface area contributed by atoms with Crippen LogP contribution in [0.25, 0.3) is 0 Å². The van der Waals surface area contributed by atoms with Crippen LogP contribution in [0.4, 0.5) is 5.69 Å². The molecule has 0 aliphatic heterocycles. The first kappa shape index (κ1) is 19.3. The van der Waals surface area contributed by atoms with Gasteiger partial charge in [0.15, 0.2) is 0 Å². The summed E-state index contributed by atoms with van der Waals surface area (Å²) < 4.78 is 10.8. The lowest BCUT2D eigenvalue weighted by molar-refractivity contribution is -0.385. The maximum absolute atomic E-state index is 12.4. The third-order valence-electron chi connectivity index (χ3n) is 4.28. The fourth-order valence-corrected chi connectivity index (χ4v) is 2.84. The van der Waals surface area contributed by atoms with Crippen LogP contribution in [0.15, 0.2) is 65.3 Å². The van der Waals surface area contributed by atoms with Crippen molar-refractivity contribution in [1.29, 1.82) is 0 Å². The Morgan fingerprint density at radius 1 is 1.11 bits per heavy atom. The molecule has 1 aromatic heterocycles. The van der Waals surface area contributed by atoms with Crippen LogP contribution >= 0.6 is 0 Å². The SMILES string of the molecule is Cc1c(C(=O)NCc2cccc(COCc3ccco3)c2)cccc1[N+](=O)[O-]. The molecular formula is C21H20N2O5. The molecular weight excluding hydrogens is 360 g/mol. The van der Waals surface area contributed by atoms with Gasteiger partial charge < -0.3 is 14.5 Å². The number of ether oxygens (including phenoxy) is 1. The maximum Gasteiger partial charge on any atom is 0.273 e. The number of nitrogens with zero attached hydrogens (tertiary/aromatic N) is 1. The molecule has 0 fully saturated rings. The minimum Gasteiger partial charge on any atom is -0.467 e. The van der Waals surface area contributed by atoms with Crippen molar-refractivity contribution >= 4 is 11.6 Å². The molecule has 3 aromatic rings. The third-order valence-corrected chi connectivity index (χ3v) is 4.28. The number of nitro benzene ring substituents is 1. The van der Waals surface area contributed by atoms with Gasteiger partial charge in [0.1, 0.15) is 12.4 Å². The summed E-state index contributed by atoms with van der Waals surface area (Å²) in [4.78, 5) is 23.0. The second-order valence-corrected chi connectivity index (χ2v) is 6.28. The van der Waals surface area contributed by atoms with Gasteiger partial charge in [0.2, 0.25) is 0 Å². The van der Waals surface area contributed by atoms with E-state index in [2.05, 4.69) is 5.32 Å². The predicted molar refractivity (Wildman–Crippen MR) is 103 cm³/mol. The van der Waals surface area contributed by atoms with E-state index in [0.717, 1.165) is 16.9 Å². The first-order valence-corrected chi connectivity index (χ1v) is 8.74. The zero-order valence-corrected chi connectivity index (χ0v) is 15.4. The summed E-state index contributed by atoms with van der Waals surface area (Å²) >= 11 is 0. The molecule has 0 spiro atoms. The van der Waals surface area contributed by atoms with Crippen LogP contribution in [0, 0.1) is 17.0 Å². The molecule has 7 heteroatoms. The Morgan fingerprint density at radius 2 is 1.89 bits per heavy atom. The van der Waals surface area contributed by atoms with Crippen LogP contribution in [0.5, 0.6) is 0 Å². The van der Waals surface area contributed by atoms with E-state index < -0.39 is 4.92 Å². The molecule has 3 rings (SSSR count). The van der Waals surface area contributed by atoms with Crippen LogP contribution in [0.3, 0.4) is 0 Å². The number of nitrogens with one attached hydrogen (secondary N) is 1. The number of hydrogen-bond acceptors (Lipinski definition) is 5. The molecule has 0 atom stereocenters. The fourth-order valence-electron chi connectivity index (χ4n) is 2.84. The van der Waals surface area contributed by atoms with Crippen molar-refractivity contribution in [3.05, 3.63) is 99.0 Å². The average Bonchev–Trinajstić information content (AvgIpc) is 3.20. The van der Waals surface area contributed by atoms with Gasteiger partial charge in [0.25, 0.3) is 11.6 Å². The molecule has 2 aromatic carbocycles. The van der Waals surface area contributed by atoms with Crippen molar-refractivity contribution in [1.82, 2.24) is 5.32 Å². The molecule has 1 heterocycles. The summed E-state index contributed by atoms with van der Waals surface area (Å²) in [6, 6.07) is 15.8. The van der Waals surface area contributed by atoms with Crippen LogP contribution in [-0.4, -0.2) is 10.8 Å². The molecule has 0 saturated heterocycles. The highest BCUT2D eigenvalue weighted by molar-refractivity contribution is 5.96. The van der Waals surface area contributed by atoms with Gasteiger partial charge in [0.05, 0.1) is 17.8 Å². The number of hydrogen-bond donors (Lipinski definition) is 1. The highest BCUT2D eigenvalue weighted by atomic mass is 16.6. The second-order valence-electron chi connectivity index (χ2n) is 6.28. The fraction of sp³-hybridized carbons (Fsp3) is 0.190. The highest BCUT2D eigenvalue weighted by Crippen LogP contribution is 2.21. The van der Waals surface area contributed by atoms with E-state index in [1.807, 2.05) is 36.4 Å². The Morgan fingerprint density at radius 3 is 2.64 bits per heavy atom. The van der Waals surface area contributed by atoms with Gasteiger partial charge in [-0.2, -0.15) is 0 Å². The number of nitro groups is 1. The summed E-state index contributed by atoms with van der Waals surface area (Å²) in [5, 5.41) is 13.8. The van der Waals surface area contributed by atoms with Crippen LogP contribution in [0.2, 0.25) is 0 Å². The quantitative estimate of drug-likeness (QED) is 0.468. The monoisotopic (exact) mass is 380 g/mol. The van der Waals surface area contributed by atoms with Crippen molar-refractivity contribution in [3.63, 3.8) is 0 Å². The number of rotatable bonds is 8. The topological polar surface area (TPSA) is 94.6 Å². The molecule has 1 amide bonds. The number of benzene rings is 2. The second kappa shape index (κ2) is 8.96. The predicted octanol–water partition coefficient (Wildman–Crippen LogP) is 4.14. The Hall–Kier alpha value is -3.45. The zero-order chi connectivity index (χ0) is 19.9. The van der Waals surface area contributed by atoms with Gasteiger partial charge in [-0.05, 0) is 36.2 Å². The summed E-state index contributed by atoms with van der Waals surface area (Å²) in [6.07, 6.45) is 1.60. The van der Waals surface area contributed by atoms with Crippen LogP contribution in [-0.2, 0) is 24.5 Å². The van der Waals surface area contributed by atoms with E-state index in [0.29, 0.717) is 30.9 Å². The van der Waals surface area contributed by atoms with Crippen molar-refractivity contribution in [2.75, 3.05) is 0 Å². The molecule has 28 heavy (non-hydrogen) atoms. The van der Waals surface area contributed by atoms with Gasteiger partial charge in [-0.15, -0.1) is 0 Å². The third kappa shape index (κ3) is 4.83. The van der Waals surface area contributed by atoms with Crippen molar-refractivity contribution in [2.45, 2.75) is 26.7 Å². The van der Waals surface area contributed by atoms with E-state index >= 15 is 0 Å². The molecule has 0 aliphatic carbocycles. The molecule has 7 nitrogen and oxygen atoms in total. The molecule has 0 unspecified atom stereocenters. The van der Waals surface area contributed by atoms with E-state index in [1.54, 1.807) is 19.3 Å². The van der Waals surface area contributed by atoms with E-state index in [-0.39, 0.29) is 11.6 Å². The van der Waals surface area contributed by atoms with Gasteiger partial charge in [-0.1, -0.05) is 30.3 Å². The Bertz CT molecular complexity index is 967. The number of amides is 1. The number of furan rings is 1.